The maximum absolute atomic E-state index is 12.5. The molecule has 2 aromatic carbocycles. The Morgan fingerprint density at radius 2 is 1.68 bits per heavy atom. The SMILES string of the molecule is Cc1cccc(OCC(=O)N2CCN(C(=O)CCCc3ccc4c(c3)OCO4)CC2)c1. The lowest BCUT2D eigenvalue weighted by molar-refractivity contribution is -0.140. The molecule has 1 fully saturated rings. The van der Waals surface area contributed by atoms with Crippen LogP contribution in [0.4, 0.5) is 0 Å². The number of nitrogens with zero attached hydrogens (tertiary/aromatic N) is 2. The quantitative estimate of drug-likeness (QED) is 0.684. The number of amides is 2. The Morgan fingerprint density at radius 1 is 0.935 bits per heavy atom. The van der Waals surface area contributed by atoms with Crippen molar-refractivity contribution in [1.29, 1.82) is 0 Å². The second kappa shape index (κ2) is 9.73. The molecule has 0 aliphatic carbocycles. The average molecular weight is 424 g/mol. The lowest BCUT2D eigenvalue weighted by Gasteiger charge is -2.34. The number of rotatable bonds is 7. The van der Waals surface area contributed by atoms with Crippen molar-refractivity contribution >= 4 is 11.8 Å². The zero-order chi connectivity index (χ0) is 21.6. The molecule has 164 valence electrons. The topological polar surface area (TPSA) is 68.3 Å². The summed E-state index contributed by atoms with van der Waals surface area (Å²) >= 11 is 0. The minimum absolute atomic E-state index is 0.0208. The molecule has 2 amide bonds. The van der Waals surface area contributed by atoms with Gasteiger partial charge in [0.15, 0.2) is 18.1 Å². The molecule has 2 aliphatic heterocycles. The van der Waals surface area contributed by atoms with Gasteiger partial charge in [-0.2, -0.15) is 0 Å². The Bertz CT molecular complexity index is 937. The van der Waals surface area contributed by atoms with Crippen LogP contribution >= 0.6 is 0 Å². The van der Waals surface area contributed by atoms with Crippen molar-refractivity contribution in [3.05, 3.63) is 53.6 Å². The van der Waals surface area contributed by atoms with E-state index in [9.17, 15) is 9.59 Å². The highest BCUT2D eigenvalue weighted by molar-refractivity contribution is 5.79. The Labute approximate surface area is 182 Å². The van der Waals surface area contributed by atoms with Crippen LogP contribution in [0.1, 0.15) is 24.0 Å². The van der Waals surface area contributed by atoms with Crippen LogP contribution in [0.2, 0.25) is 0 Å². The zero-order valence-electron chi connectivity index (χ0n) is 17.8. The van der Waals surface area contributed by atoms with Gasteiger partial charge in [0, 0.05) is 32.6 Å². The maximum Gasteiger partial charge on any atom is 0.260 e. The van der Waals surface area contributed by atoms with E-state index in [4.69, 9.17) is 14.2 Å². The fourth-order valence-corrected chi connectivity index (χ4v) is 3.85. The van der Waals surface area contributed by atoms with E-state index in [0.29, 0.717) is 38.3 Å². The van der Waals surface area contributed by atoms with Crippen LogP contribution in [0.15, 0.2) is 42.5 Å². The van der Waals surface area contributed by atoms with Gasteiger partial charge in [-0.3, -0.25) is 9.59 Å². The molecule has 0 unspecified atom stereocenters. The standard InChI is InChI=1S/C24H28N2O5/c1-18-4-2-6-20(14-18)29-16-24(28)26-12-10-25(11-13-26)23(27)7-3-5-19-8-9-21-22(15-19)31-17-30-21/h2,4,6,8-9,14-15H,3,5,7,10-13,16-17H2,1H3. The van der Waals surface area contributed by atoms with Crippen molar-refractivity contribution in [3.63, 3.8) is 0 Å². The number of fused-ring (bicyclic) bond motifs is 1. The van der Waals surface area contributed by atoms with Crippen molar-refractivity contribution < 1.29 is 23.8 Å². The number of hydrogen-bond acceptors (Lipinski definition) is 5. The van der Waals surface area contributed by atoms with Gasteiger partial charge in [-0.25, -0.2) is 0 Å². The number of benzene rings is 2. The van der Waals surface area contributed by atoms with E-state index in [0.717, 1.165) is 35.5 Å². The van der Waals surface area contributed by atoms with Crippen LogP contribution in [0.3, 0.4) is 0 Å². The molecule has 4 rings (SSSR count). The molecule has 0 saturated carbocycles. The summed E-state index contributed by atoms with van der Waals surface area (Å²) in [5, 5.41) is 0. The molecular formula is C24H28N2O5. The molecular weight excluding hydrogens is 396 g/mol. The molecule has 0 bridgehead atoms. The molecule has 0 aromatic heterocycles. The first kappa shape index (κ1) is 21.0. The first-order valence-corrected chi connectivity index (χ1v) is 10.7. The van der Waals surface area contributed by atoms with Gasteiger partial charge in [-0.15, -0.1) is 0 Å². The third kappa shape index (κ3) is 5.48. The smallest absolute Gasteiger partial charge is 0.260 e. The van der Waals surface area contributed by atoms with E-state index in [1.54, 1.807) is 4.90 Å². The van der Waals surface area contributed by atoms with Crippen LogP contribution < -0.4 is 14.2 Å². The Morgan fingerprint density at radius 3 is 2.45 bits per heavy atom. The zero-order valence-corrected chi connectivity index (χ0v) is 17.8. The third-order valence-corrected chi connectivity index (χ3v) is 5.63. The van der Waals surface area contributed by atoms with E-state index in [2.05, 4.69) is 0 Å². The van der Waals surface area contributed by atoms with E-state index >= 15 is 0 Å². The van der Waals surface area contributed by atoms with Crippen molar-refractivity contribution in [2.75, 3.05) is 39.6 Å². The molecule has 0 spiro atoms. The highest BCUT2D eigenvalue weighted by Crippen LogP contribution is 2.32. The van der Waals surface area contributed by atoms with E-state index in [1.165, 1.54) is 0 Å². The largest absolute Gasteiger partial charge is 0.484 e. The average Bonchev–Trinajstić information content (AvgIpc) is 3.25. The number of carbonyl (C=O) groups is 2. The molecule has 1 saturated heterocycles. The lowest BCUT2D eigenvalue weighted by atomic mass is 10.1. The van der Waals surface area contributed by atoms with Gasteiger partial charge in [-0.1, -0.05) is 18.2 Å². The summed E-state index contributed by atoms with van der Waals surface area (Å²) in [5.41, 5.74) is 2.23. The summed E-state index contributed by atoms with van der Waals surface area (Å²) in [4.78, 5) is 28.6. The fraction of sp³-hybridized carbons (Fsp3) is 0.417. The lowest BCUT2D eigenvalue weighted by Crippen LogP contribution is -2.51. The summed E-state index contributed by atoms with van der Waals surface area (Å²) in [6, 6.07) is 13.6. The number of piperazine rings is 1. The minimum atomic E-state index is -0.0450. The predicted octanol–water partition coefficient (Wildman–Crippen LogP) is 2.80. The highest BCUT2D eigenvalue weighted by atomic mass is 16.7. The molecule has 31 heavy (non-hydrogen) atoms. The number of aryl methyl sites for hydroxylation is 2. The molecule has 0 N–H and O–H groups in total. The molecule has 0 atom stereocenters. The number of hydrogen-bond donors (Lipinski definition) is 0. The first-order chi connectivity index (χ1) is 15.1. The monoisotopic (exact) mass is 424 g/mol. The maximum atomic E-state index is 12.5. The van der Waals surface area contributed by atoms with Gasteiger partial charge in [0.2, 0.25) is 12.7 Å². The summed E-state index contributed by atoms with van der Waals surface area (Å²) in [7, 11) is 0. The highest BCUT2D eigenvalue weighted by Gasteiger charge is 2.24. The van der Waals surface area contributed by atoms with Crippen LogP contribution in [0.25, 0.3) is 0 Å². The second-order valence-corrected chi connectivity index (χ2v) is 7.91. The van der Waals surface area contributed by atoms with Crippen molar-refractivity contribution in [1.82, 2.24) is 9.80 Å². The Kier molecular flexibility index (Phi) is 6.60. The second-order valence-electron chi connectivity index (χ2n) is 7.91. The van der Waals surface area contributed by atoms with E-state index in [1.807, 2.05) is 54.3 Å². The summed E-state index contributed by atoms with van der Waals surface area (Å²) < 4.78 is 16.3. The van der Waals surface area contributed by atoms with Crippen LogP contribution in [-0.4, -0.2) is 61.2 Å². The third-order valence-electron chi connectivity index (χ3n) is 5.63. The van der Waals surface area contributed by atoms with Crippen LogP contribution in [0, 0.1) is 6.92 Å². The van der Waals surface area contributed by atoms with Gasteiger partial charge >= 0.3 is 0 Å². The molecule has 0 radical (unpaired) electrons. The molecule has 7 nitrogen and oxygen atoms in total. The normalized spacial score (nSPS) is 15.1. The minimum Gasteiger partial charge on any atom is -0.484 e. The van der Waals surface area contributed by atoms with Crippen LogP contribution in [0.5, 0.6) is 17.2 Å². The number of ether oxygens (including phenoxy) is 3. The number of carbonyl (C=O) groups excluding carboxylic acids is 2. The van der Waals surface area contributed by atoms with Gasteiger partial charge in [0.05, 0.1) is 0 Å². The summed E-state index contributed by atoms with van der Waals surface area (Å²) in [6.07, 6.45) is 2.10. The van der Waals surface area contributed by atoms with Crippen molar-refractivity contribution in [2.24, 2.45) is 0 Å². The first-order valence-electron chi connectivity index (χ1n) is 10.7. The molecule has 2 heterocycles. The fourth-order valence-electron chi connectivity index (χ4n) is 3.85. The van der Waals surface area contributed by atoms with Crippen molar-refractivity contribution in [2.45, 2.75) is 26.2 Å². The van der Waals surface area contributed by atoms with Crippen LogP contribution in [-0.2, 0) is 16.0 Å². The molecule has 2 aromatic rings. The van der Waals surface area contributed by atoms with E-state index < -0.39 is 0 Å². The van der Waals surface area contributed by atoms with Crippen molar-refractivity contribution in [3.8, 4) is 17.2 Å². The summed E-state index contributed by atoms with van der Waals surface area (Å²) in [5.74, 6) is 2.34. The van der Waals surface area contributed by atoms with Gasteiger partial charge in [-0.05, 0) is 55.2 Å². The Balaban J connectivity index is 1.16. The van der Waals surface area contributed by atoms with E-state index in [-0.39, 0.29) is 25.2 Å². The predicted molar refractivity (Wildman–Crippen MR) is 115 cm³/mol. The molecule has 7 heteroatoms. The van der Waals surface area contributed by atoms with Gasteiger partial charge < -0.3 is 24.0 Å². The molecule has 2 aliphatic rings. The summed E-state index contributed by atoms with van der Waals surface area (Å²) in [6.45, 7) is 4.50. The Hall–Kier alpha value is -3.22. The van der Waals surface area contributed by atoms with Gasteiger partial charge in [0.1, 0.15) is 5.75 Å². The van der Waals surface area contributed by atoms with Gasteiger partial charge in [0.25, 0.3) is 5.91 Å².